The van der Waals surface area contributed by atoms with Gasteiger partial charge in [-0.1, -0.05) is 86.6 Å². The number of aromatic nitrogens is 4. The first-order valence-electron chi connectivity index (χ1n) is 20.7. The first-order valence-corrected chi connectivity index (χ1v) is 20.7. The van der Waals surface area contributed by atoms with Crippen molar-refractivity contribution in [1.82, 2.24) is 40.4 Å². The smallest absolute Gasteiger partial charge is 0.407 e. The number of hydrogen-bond acceptors (Lipinski definition) is 8. The summed E-state index contributed by atoms with van der Waals surface area (Å²) >= 11 is 0. The second kappa shape index (κ2) is 17.3. The summed E-state index contributed by atoms with van der Waals surface area (Å²) in [6.45, 7) is 19.1. The molecule has 4 aromatic rings. The standard InChI is InChI=1S/C45H60N8O6/c1-12-35(52(22-24(2)3)41(54)37(25(4)5)50-43(56)58-10)39-46-20-33(48-39)27-13-15-29-31(17-27)30-16-14-28(18-32(29)30)34-21-47-40(49-34)36-19-45(8,9)23-53(36)42(55)38(26(6)7)51-44(57)59-11/h13-18,20-21,24-26,35-38H,12,19,22-23H2,1-11H3,(H,46,48)(H,47,49)(H,50,56)(H,51,57)/t35-,36-,37-,38-/m0/s1. The number of benzene rings is 2. The molecule has 14 heteroatoms. The Morgan fingerprint density at radius 3 is 1.88 bits per heavy atom. The van der Waals surface area contributed by atoms with Gasteiger partial charge in [0.05, 0.1) is 50.1 Å². The number of nitrogens with one attached hydrogen (secondary N) is 4. The molecule has 1 saturated heterocycles. The van der Waals surface area contributed by atoms with Crippen molar-refractivity contribution in [2.24, 2.45) is 23.2 Å². The number of alkyl carbamates (subject to hydrolysis) is 2. The van der Waals surface area contributed by atoms with Gasteiger partial charge >= 0.3 is 12.2 Å². The molecule has 6 rings (SSSR count). The zero-order valence-corrected chi connectivity index (χ0v) is 36.2. The predicted octanol–water partition coefficient (Wildman–Crippen LogP) is 8.11. The number of rotatable bonds is 14. The lowest BCUT2D eigenvalue weighted by molar-refractivity contribution is -0.138. The topological polar surface area (TPSA) is 175 Å². The van der Waals surface area contributed by atoms with E-state index >= 15 is 0 Å². The fraction of sp³-hybridized carbons (Fsp3) is 0.511. The highest BCUT2D eigenvalue weighted by Crippen LogP contribution is 2.50. The molecular formula is C45H60N8O6. The summed E-state index contributed by atoms with van der Waals surface area (Å²) in [5.74, 6) is 1.00. The van der Waals surface area contributed by atoms with Crippen LogP contribution in [-0.2, 0) is 19.1 Å². The number of carbonyl (C=O) groups is 4. The van der Waals surface area contributed by atoms with Crippen LogP contribution >= 0.6 is 0 Å². The number of likely N-dealkylation sites (tertiary alicyclic amines) is 1. The van der Waals surface area contributed by atoms with Crippen molar-refractivity contribution in [2.45, 2.75) is 99.3 Å². The molecule has 14 nitrogen and oxygen atoms in total. The van der Waals surface area contributed by atoms with Crippen LogP contribution in [0.3, 0.4) is 0 Å². The Balaban J connectivity index is 1.20. The zero-order chi connectivity index (χ0) is 42.9. The van der Waals surface area contributed by atoms with Crippen LogP contribution in [0.4, 0.5) is 9.59 Å². The van der Waals surface area contributed by atoms with E-state index in [9.17, 15) is 19.2 Å². The van der Waals surface area contributed by atoms with Crippen LogP contribution in [0, 0.1) is 23.2 Å². The van der Waals surface area contributed by atoms with E-state index < -0.39 is 24.3 Å². The maximum atomic E-state index is 14.0. The summed E-state index contributed by atoms with van der Waals surface area (Å²) < 4.78 is 9.64. The Kier molecular flexibility index (Phi) is 12.6. The minimum atomic E-state index is -0.741. The Hall–Kier alpha value is -5.66. The maximum Gasteiger partial charge on any atom is 0.407 e. The SMILES string of the molecule is CC[C@@H](c1ncc(-c2ccc3c(c2)-c2ccc(-c4cnc([C@@H]5CC(C)(C)CN5C(=O)[C@@H](NC(=O)OC)C(C)C)[nH]4)cc2-3)[nH]1)N(CC(C)C)C(=O)[C@@H](NC(=O)OC)C(C)C. The van der Waals surface area contributed by atoms with Gasteiger partial charge in [0.25, 0.3) is 0 Å². The van der Waals surface area contributed by atoms with Gasteiger partial charge in [-0.15, -0.1) is 0 Å². The molecule has 2 aliphatic rings. The Morgan fingerprint density at radius 2 is 1.36 bits per heavy atom. The molecule has 1 fully saturated rings. The number of H-pyrrole nitrogens is 2. The summed E-state index contributed by atoms with van der Waals surface area (Å²) in [7, 11) is 2.59. The Bertz CT molecular complexity index is 2190. The third kappa shape index (κ3) is 8.86. The normalized spacial score (nSPS) is 16.8. The fourth-order valence-electron chi connectivity index (χ4n) is 8.41. The van der Waals surface area contributed by atoms with Crippen LogP contribution in [-0.4, -0.2) is 93.1 Å². The van der Waals surface area contributed by atoms with Crippen LogP contribution in [0.1, 0.15) is 98.9 Å². The number of methoxy groups -OCH3 is 2. The van der Waals surface area contributed by atoms with Gasteiger partial charge < -0.3 is 39.9 Å². The highest BCUT2D eigenvalue weighted by Gasteiger charge is 2.45. The monoisotopic (exact) mass is 808 g/mol. The molecule has 4 atom stereocenters. The van der Waals surface area contributed by atoms with Gasteiger partial charge in [0.1, 0.15) is 23.7 Å². The molecule has 0 radical (unpaired) electrons. The minimum absolute atomic E-state index is 0.130. The van der Waals surface area contributed by atoms with Crippen LogP contribution < -0.4 is 10.6 Å². The Morgan fingerprint density at radius 1 is 0.814 bits per heavy atom. The van der Waals surface area contributed by atoms with E-state index in [2.05, 4.69) is 84.7 Å². The summed E-state index contributed by atoms with van der Waals surface area (Å²) in [6.07, 6.45) is 3.74. The number of imidazole rings is 2. The number of carbonyl (C=O) groups excluding carboxylic acids is 4. The van der Waals surface area contributed by atoms with Gasteiger partial charge in [0.15, 0.2) is 0 Å². The van der Waals surface area contributed by atoms with E-state index in [0.29, 0.717) is 31.2 Å². The molecule has 2 aromatic heterocycles. The lowest BCUT2D eigenvalue weighted by Crippen LogP contribution is -2.53. The first kappa shape index (κ1) is 42.9. The third-order valence-electron chi connectivity index (χ3n) is 11.5. The van der Waals surface area contributed by atoms with Crippen molar-refractivity contribution in [3.63, 3.8) is 0 Å². The summed E-state index contributed by atoms with van der Waals surface area (Å²) in [5.41, 5.74) is 8.14. The molecule has 316 valence electrons. The second-order valence-electron chi connectivity index (χ2n) is 17.8. The minimum Gasteiger partial charge on any atom is -0.453 e. The Labute approximate surface area is 347 Å². The van der Waals surface area contributed by atoms with Crippen LogP contribution in [0.15, 0.2) is 48.8 Å². The first-order chi connectivity index (χ1) is 28.0. The quantitative estimate of drug-likeness (QED) is 0.0871. The molecule has 0 bridgehead atoms. The average molecular weight is 809 g/mol. The van der Waals surface area contributed by atoms with Gasteiger partial charge in [-0.2, -0.15) is 0 Å². The number of nitrogens with zero attached hydrogens (tertiary/aromatic N) is 4. The van der Waals surface area contributed by atoms with E-state index in [4.69, 9.17) is 19.4 Å². The molecule has 0 unspecified atom stereocenters. The molecule has 1 aliphatic carbocycles. The molecular weight excluding hydrogens is 749 g/mol. The summed E-state index contributed by atoms with van der Waals surface area (Å²) in [6, 6.07) is 10.7. The molecule has 3 heterocycles. The number of amides is 4. The van der Waals surface area contributed by atoms with Crippen LogP contribution in [0.5, 0.6) is 0 Å². The highest BCUT2D eigenvalue weighted by atomic mass is 16.5. The van der Waals surface area contributed by atoms with Crippen molar-refractivity contribution in [2.75, 3.05) is 27.3 Å². The van der Waals surface area contributed by atoms with Crippen molar-refractivity contribution in [1.29, 1.82) is 0 Å². The molecule has 0 spiro atoms. The van der Waals surface area contributed by atoms with E-state index in [0.717, 1.165) is 51.2 Å². The van der Waals surface area contributed by atoms with E-state index in [1.165, 1.54) is 14.2 Å². The fourth-order valence-corrected chi connectivity index (χ4v) is 8.41. The van der Waals surface area contributed by atoms with E-state index in [1.54, 1.807) is 0 Å². The summed E-state index contributed by atoms with van der Waals surface area (Å²) in [4.78, 5) is 72.5. The molecule has 4 N–H and O–H groups in total. The second-order valence-corrected chi connectivity index (χ2v) is 17.8. The van der Waals surface area contributed by atoms with Crippen molar-refractivity contribution >= 4 is 24.0 Å². The zero-order valence-electron chi connectivity index (χ0n) is 36.2. The van der Waals surface area contributed by atoms with Crippen LogP contribution in [0.25, 0.3) is 44.8 Å². The maximum absolute atomic E-state index is 14.0. The van der Waals surface area contributed by atoms with Gasteiger partial charge in [-0.3, -0.25) is 9.59 Å². The van der Waals surface area contributed by atoms with Crippen molar-refractivity contribution in [3.8, 4) is 44.8 Å². The average Bonchev–Trinajstić information content (AvgIpc) is 3.96. The van der Waals surface area contributed by atoms with E-state index in [1.807, 2.05) is 56.8 Å². The number of aromatic amines is 2. The van der Waals surface area contributed by atoms with Gasteiger partial charge in [-0.25, -0.2) is 19.6 Å². The lowest BCUT2D eigenvalue weighted by atomic mass is 9.78. The molecule has 59 heavy (non-hydrogen) atoms. The van der Waals surface area contributed by atoms with Crippen molar-refractivity contribution < 1.29 is 28.7 Å². The number of hydrogen-bond donors (Lipinski definition) is 4. The lowest BCUT2D eigenvalue weighted by Gasteiger charge is -2.35. The number of fused-ring (bicyclic) bond motifs is 4. The number of ether oxygens (including phenoxy) is 2. The molecule has 1 aliphatic heterocycles. The largest absolute Gasteiger partial charge is 0.453 e. The van der Waals surface area contributed by atoms with Gasteiger partial charge in [-0.05, 0) is 70.4 Å². The highest BCUT2D eigenvalue weighted by molar-refractivity contribution is 6.04. The third-order valence-corrected chi connectivity index (χ3v) is 11.5. The van der Waals surface area contributed by atoms with E-state index in [-0.39, 0.29) is 47.1 Å². The van der Waals surface area contributed by atoms with Crippen molar-refractivity contribution in [3.05, 3.63) is 60.4 Å². The predicted molar refractivity (Wildman–Crippen MR) is 227 cm³/mol. The van der Waals surface area contributed by atoms with Crippen LogP contribution in [0.2, 0.25) is 0 Å². The van der Waals surface area contributed by atoms with Gasteiger partial charge in [0, 0.05) is 24.2 Å². The summed E-state index contributed by atoms with van der Waals surface area (Å²) in [5, 5.41) is 5.47. The van der Waals surface area contributed by atoms with Gasteiger partial charge in [0.2, 0.25) is 11.8 Å². The molecule has 2 aromatic carbocycles. The molecule has 4 amide bonds. The molecule has 0 saturated carbocycles.